The Kier molecular flexibility index (Phi) is 7.40. The first-order valence-electron chi connectivity index (χ1n) is 10.7. The zero-order valence-electron chi connectivity index (χ0n) is 16.0. The fourth-order valence-electron chi connectivity index (χ4n) is 5.14. The minimum absolute atomic E-state index is 0.301. The molecule has 0 N–H and O–H groups in total. The molecule has 2 aliphatic rings. The van der Waals surface area contributed by atoms with Crippen LogP contribution in [0.3, 0.4) is 0 Å². The first-order valence-corrected chi connectivity index (χ1v) is 10.7. The molecule has 0 spiro atoms. The minimum atomic E-state index is 0.301. The molecule has 2 aliphatic carbocycles. The Morgan fingerprint density at radius 1 is 0.962 bits per heavy atom. The first kappa shape index (κ1) is 19.3. The minimum Gasteiger partial charge on any atom is -0.300 e. The highest BCUT2D eigenvalue weighted by atomic mass is 16.1. The molecule has 0 amide bonds. The van der Waals surface area contributed by atoms with Gasteiger partial charge in [0.15, 0.2) is 0 Å². The van der Waals surface area contributed by atoms with E-state index in [1.54, 1.807) is 6.20 Å². The molecule has 0 bridgehead atoms. The predicted molar refractivity (Wildman–Crippen MR) is 104 cm³/mol. The summed E-state index contributed by atoms with van der Waals surface area (Å²) in [5.74, 6) is 2.51. The van der Waals surface area contributed by atoms with Gasteiger partial charge in [0.25, 0.3) is 0 Å². The van der Waals surface area contributed by atoms with Gasteiger partial charge in [0.2, 0.25) is 0 Å². The number of Topliss-reactive ketones (excluding diaryl/α,β-unsaturated/α-hetero) is 2. The molecule has 1 aromatic rings. The summed E-state index contributed by atoms with van der Waals surface area (Å²) >= 11 is 0. The van der Waals surface area contributed by atoms with Crippen molar-refractivity contribution < 1.29 is 9.59 Å². The molecule has 3 unspecified atom stereocenters. The van der Waals surface area contributed by atoms with Crippen molar-refractivity contribution in [3.05, 3.63) is 30.1 Å². The van der Waals surface area contributed by atoms with Gasteiger partial charge in [-0.05, 0) is 55.6 Å². The number of carbonyl (C=O) groups is 2. The van der Waals surface area contributed by atoms with Crippen molar-refractivity contribution in [3.8, 4) is 0 Å². The van der Waals surface area contributed by atoms with E-state index in [0.29, 0.717) is 42.7 Å². The van der Waals surface area contributed by atoms with Crippen molar-refractivity contribution in [1.29, 1.82) is 0 Å². The van der Waals surface area contributed by atoms with Crippen LogP contribution in [0, 0.1) is 17.8 Å². The second-order valence-corrected chi connectivity index (χ2v) is 8.32. The number of nitrogens with zero attached hydrogens (tertiary/aromatic N) is 1. The predicted octanol–water partition coefficient (Wildman–Crippen LogP) is 5.32. The van der Waals surface area contributed by atoms with Gasteiger partial charge in [-0.3, -0.25) is 14.6 Å². The van der Waals surface area contributed by atoms with Crippen LogP contribution in [-0.4, -0.2) is 16.6 Å². The Labute approximate surface area is 158 Å². The van der Waals surface area contributed by atoms with E-state index in [2.05, 4.69) is 11.1 Å². The fourth-order valence-corrected chi connectivity index (χ4v) is 5.14. The van der Waals surface area contributed by atoms with Crippen LogP contribution in [0.2, 0.25) is 0 Å². The van der Waals surface area contributed by atoms with Crippen LogP contribution >= 0.6 is 0 Å². The topological polar surface area (TPSA) is 47.0 Å². The van der Waals surface area contributed by atoms with Crippen LogP contribution in [0.4, 0.5) is 0 Å². The maximum atomic E-state index is 12.7. The highest BCUT2D eigenvalue weighted by Gasteiger charge is 2.37. The van der Waals surface area contributed by atoms with Crippen molar-refractivity contribution in [2.24, 2.45) is 17.8 Å². The maximum absolute atomic E-state index is 12.7. The van der Waals surface area contributed by atoms with Crippen molar-refractivity contribution in [1.82, 2.24) is 4.98 Å². The van der Waals surface area contributed by atoms with Gasteiger partial charge in [-0.1, -0.05) is 38.2 Å². The van der Waals surface area contributed by atoms with E-state index in [1.807, 2.05) is 12.3 Å². The highest BCUT2D eigenvalue weighted by Crippen LogP contribution is 2.44. The third-order valence-electron chi connectivity index (χ3n) is 6.51. The second-order valence-electron chi connectivity index (χ2n) is 8.32. The van der Waals surface area contributed by atoms with E-state index >= 15 is 0 Å². The molecule has 0 aliphatic heterocycles. The van der Waals surface area contributed by atoms with E-state index in [4.69, 9.17) is 0 Å². The highest BCUT2D eigenvalue weighted by molar-refractivity contribution is 5.83. The number of hydrogen-bond acceptors (Lipinski definition) is 3. The molecular weight excluding hydrogens is 322 g/mol. The van der Waals surface area contributed by atoms with E-state index in [-0.39, 0.29) is 0 Å². The molecule has 3 heteroatoms. The van der Waals surface area contributed by atoms with Gasteiger partial charge in [0.1, 0.15) is 11.6 Å². The lowest BCUT2D eigenvalue weighted by Crippen LogP contribution is -2.35. The number of aromatic nitrogens is 1. The Morgan fingerprint density at radius 2 is 1.77 bits per heavy atom. The quantitative estimate of drug-likeness (QED) is 0.602. The lowest BCUT2D eigenvalue weighted by molar-refractivity contribution is -0.127. The van der Waals surface area contributed by atoms with Gasteiger partial charge in [0, 0.05) is 37.6 Å². The first-order chi connectivity index (χ1) is 12.7. The molecule has 0 saturated heterocycles. The average Bonchev–Trinajstić information content (AvgIpc) is 2.68. The lowest BCUT2D eigenvalue weighted by atomic mass is 9.64. The smallest absolute Gasteiger partial charge is 0.136 e. The monoisotopic (exact) mass is 355 g/mol. The number of hydrogen-bond donors (Lipinski definition) is 0. The molecule has 1 heterocycles. The number of carbonyl (C=O) groups excluding carboxylic acids is 2. The molecule has 26 heavy (non-hydrogen) atoms. The van der Waals surface area contributed by atoms with Gasteiger partial charge in [-0.15, -0.1) is 0 Å². The Hall–Kier alpha value is -1.51. The Morgan fingerprint density at radius 3 is 2.62 bits per heavy atom. The number of aryl methyl sites for hydroxylation is 1. The Balaban J connectivity index is 1.33. The molecule has 0 radical (unpaired) electrons. The summed E-state index contributed by atoms with van der Waals surface area (Å²) in [5, 5.41) is 0. The van der Waals surface area contributed by atoms with E-state index < -0.39 is 0 Å². The zero-order chi connectivity index (χ0) is 18.2. The zero-order valence-corrected chi connectivity index (χ0v) is 16.0. The normalized spacial score (nSPS) is 25.5. The van der Waals surface area contributed by atoms with Crippen LogP contribution in [0.5, 0.6) is 0 Å². The number of fused-ring (bicyclic) bond motifs is 1. The van der Waals surface area contributed by atoms with Crippen molar-refractivity contribution in [3.63, 3.8) is 0 Å². The molecule has 0 aromatic carbocycles. The summed E-state index contributed by atoms with van der Waals surface area (Å²) in [6.45, 7) is 0. The summed E-state index contributed by atoms with van der Waals surface area (Å²) in [7, 11) is 0. The van der Waals surface area contributed by atoms with Crippen LogP contribution in [0.15, 0.2) is 24.5 Å². The molecule has 3 nitrogen and oxygen atoms in total. The van der Waals surface area contributed by atoms with Crippen LogP contribution in [-0.2, 0) is 16.0 Å². The van der Waals surface area contributed by atoms with Crippen molar-refractivity contribution >= 4 is 11.6 Å². The molecule has 2 fully saturated rings. The summed E-state index contributed by atoms with van der Waals surface area (Å²) in [5.41, 5.74) is 1.19. The molecule has 2 saturated carbocycles. The van der Waals surface area contributed by atoms with Gasteiger partial charge in [0.05, 0.1) is 0 Å². The lowest BCUT2D eigenvalue weighted by Gasteiger charge is -2.40. The van der Waals surface area contributed by atoms with E-state index in [9.17, 15) is 9.59 Å². The standard InChI is InChI=1S/C23H33NO2/c25-20(11-3-7-18-8-6-16-24-17-18)12-5-15-23(26)22-14-4-10-19-9-1-2-13-21(19)22/h6,8,16-17,19,21-22H,1-5,7,9-15H2. The second kappa shape index (κ2) is 9.99. The number of rotatable bonds is 9. The molecule has 1 aromatic heterocycles. The molecule has 3 rings (SSSR count). The average molecular weight is 356 g/mol. The van der Waals surface area contributed by atoms with Crippen LogP contribution < -0.4 is 0 Å². The molecule has 3 atom stereocenters. The SMILES string of the molecule is O=C(CCCC(=O)C1CCCC2CCCCC21)CCCc1cccnc1. The fraction of sp³-hybridized carbons (Fsp3) is 0.696. The van der Waals surface area contributed by atoms with Crippen LogP contribution in [0.25, 0.3) is 0 Å². The Bertz CT molecular complexity index is 581. The molecule has 142 valence electrons. The van der Waals surface area contributed by atoms with Crippen LogP contribution in [0.1, 0.15) is 82.6 Å². The van der Waals surface area contributed by atoms with E-state index in [0.717, 1.165) is 31.6 Å². The van der Waals surface area contributed by atoms with E-state index in [1.165, 1.54) is 44.1 Å². The third kappa shape index (κ3) is 5.49. The molecular formula is C23H33NO2. The number of ketones is 2. The van der Waals surface area contributed by atoms with Gasteiger partial charge < -0.3 is 0 Å². The summed E-state index contributed by atoms with van der Waals surface area (Å²) < 4.78 is 0. The maximum Gasteiger partial charge on any atom is 0.136 e. The largest absolute Gasteiger partial charge is 0.300 e. The number of pyridine rings is 1. The summed E-state index contributed by atoms with van der Waals surface area (Å²) in [6, 6.07) is 3.99. The van der Waals surface area contributed by atoms with Gasteiger partial charge in [-0.2, -0.15) is 0 Å². The third-order valence-corrected chi connectivity index (χ3v) is 6.51. The van der Waals surface area contributed by atoms with Gasteiger partial charge >= 0.3 is 0 Å². The summed E-state index contributed by atoms with van der Waals surface area (Å²) in [4.78, 5) is 28.9. The van der Waals surface area contributed by atoms with Crippen molar-refractivity contribution in [2.45, 2.75) is 83.5 Å². The van der Waals surface area contributed by atoms with Crippen molar-refractivity contribution in [2.75, 3.05) is 0 Å². The summed E-state index contributed by atoms with van der Waals surface area (Å²) in [6.07, 6.45) is 16.9. The van der Waals surface area contributed by atoms with Gasteiger partial charge in [-0.25, -0.2) is 0 Å².